The molecule has 0 aliphatic heterocycles. The lowest BCUT2D eigenvalue weighted by molar-refractivity contribution is 0.0528. The van der Waals surface area contributed by atoms with E-state index in [2.05, 4.69) is 41.4 Å². The second kappa shape index (κ2) is 11.9. The summed E-state index contributed by atoms with van der Waals surface area (Å²) in [4.78, 5) is 29.5. The Morgan fingerprint density at radius 1 is 1.05 bits per heavy atom. The van der Waals surface area contributed by atoms with Gasteiger partial charge >= 0.3 is 5.97 Å². The van der Waals surface area contributed by atoms with Crippen LogP contribution < -0.4 is 10.1 Å². The van der Waals surface area contributed by atoms with E-state index in [1.165, 1.54) is 11.8 Å². The monoisotopic (exact) mass is 538 g/mol. The Kier molecular flexibility index (Phi) is 7.91. The van der Waals surface area contributed by atoms with Gasteiger partial charge in [-0.05, 0) is 67.3 Å². The Hall–Kier alpha value is -4.92. The van der Waals surface area contributed by atoms with Gasteiger partial charge in [-0.15, -0.1) is 0 Å². The van der Waals surface area contributed by atoms with Crippen molar-refractivity contribution >= 4 is 23.2 Å². The van der Waals surface area contributed by atoms with Crippen molar-refractivity contribution in [2.45, 2.75) is 39.7 Å². The summed E-state index contributed by atoms with van der Waals surface area (Å²) in [7, 11) is 0. The number of esters is 1. The maximum atomic E-state index is 12.9. The van der Waals surface area contributed by atoms with Crippen LogP contribution >= 0.6 is 0 Å². The minimum absolute atomic E-state index is 0.175. The molecule has 5 aromatic rings. The van der Waals surface area contributed by atoms with Crippen molar-refractivity contribution < 1.29 is 23.5 Å². The molecule has 3 heterocycles. The van der Waals surface area contributed by atoms with Gasteiger partial charge < -0.3 is 19.2 Å². The lowest BCUT2D eigenvalue weighted by Gasteiger charge is -2.10. The normalized spacial score (nSPS) is 11.8. The number of amides is 1. The van der Waals surface area contributed by atoms with Crippen LogP contribution in [0.25, 0.3) is 16.9 Å². The van der Waals surface area contributed by atoms with Gasteiger partial charge in [0.05, 0.1) is 18.5 Å². The predicted octanol–water partition coefficient (Wildman–Crippen LogP) is 6.51. The van der Waals surface area contributed by atoms with Gasteiger partial charge in [0, 0.05) is 17.4 Å². The fraction of sp³-hybridized carbons (Fsp3) is 0.226. The maximum absolute atomic E-state index is 12.9. The van der Waals surface area contributed by atoms with Crippen LogP contribution in [-0.2, 0) is 11.3 Å². The number of fused-ring (bicyclic) bond motifs is 1. The number of aromatic nitrogens is 3. The molecule has 0 radical (unpaired) electrons. The Labute approximate surface area is 231 Å². The van der Waals surface area contributed by atoms with Crippen molar-refractivity contribution in [2.75, 3.05) is 11.9 Å². The summed E-state index contributed by atoms with van der Waals surface area (Å²) in [5, 5.41) is 7.21. The predicted molar refractivity (Wildman–Crippen MR) is 151 cm³/mol. The third kappa shape index (κ3) is 5.73. The molecule has 2 aromatic carbocycles. The van der Waals surface area contributed by atoms with E-state index >= 15 is 0 Å². The van der Waals surface area contributed by atoms with Crippen molar-refractivity contribution in [1.29, 1.82) is 0 Å². The lowest BCUT2D eigenvalue weighted by Crippen LogP contribution is -2.11. The van der Waals surface area contributed by atoms with Gasteiger partial charge in [-0.2, -0.15) is 5.10 Å². The summed E-state index contributed by atoms with van der Waals surface area (Å²) in [5.74, 6) is 1.09. The number of benzene rings is 2. The van der Waals surface area contributed by atoms with E-state index in [0.29, 0.717) is 28.7 Å². The van der Waals surface area contributed by atoms with Crippen molar-refractivity contribution in [2.24, 2.45) is 0 Å². The molecule has 0 aliphatic rings. The Balaban J connectivity index is 1.26. The van der Waals surface area contributed by atoms with Crippen LogP contribution in [0.2, 0.25) is 0 Å². The number of rotatable bonds is 10. The number of hydrogen-bond donors (Lipinski definition) is 1. The van der Waals surface area contributed by atoms with Crippen molar-refractivity contribution in [1.82, 2.24) is 14.6 Å². The summed E-state index contributed by atoms with van der Waals surface area (Å²) in [5.41, 5.74) is 4.00. The zero-order chi connectivity index (χ0) is 28.1. The molecule has 9 heteroatoms. The maximum Gasteiger partial charge on any atom is 0.343 e. The van der Waals surface area contributed by atoms with Crippen LogP contribution in [0.15, 0.2) is 83.5 Å². The average molecular weight is 539 g/mol. The molecule has 1 unspecified atom stereocenters. The number of nitrogens with one attached hydrogen (secondary N) is 1. The number of hydrogen-bond acceptors (Lipinski definition) is 7. The van der Waals surface area contributed by atoms with E-state index in [1.54, 1.807) is 41.9 Å². The van der Waals surface area contributed by atoms with E-state index in [1.807, 2.05) is 30.3 Å². The summed E-state index contributed by atoms with van der Waals surface area (Å²) < 4.78 is 18.2. The Morgan fingerprint density at radius 3 is 2.65 bits per heavy atom. The van der Waals surface area contributed by atoms with E-state index in [0.717, 1.165) is 17.7 Å². The first-order chi connectivity index (χ1) is 19.5. The van der Waals surface area contributed by atoms with E-state index in [-0.39, 0.29) is 30.4 Å². The van der Waals surface area contributed by atoms with Crippen molar-refractivity contribution in [3.8, 4) is 17.0 Å². The summed E-state index contributed by atoms with van der Waals surface area (Å²) >= 11 is 0. The van der Waals surface area contributed by atoms with Gasteiger partial charge in [-0.1, -0.05) is 38.1 Å². The first-order valence-electron chi connectivity index (χ1n) is 13.2. The van der Waals surface area contributed by atoms with Crippen LogP contribution in [0.5, 0.6) is 5.75 Å². The van der Waals surface area contributed by atoms with Gasteiger partial charge in [-0.25, -0.2) is 14.3 Å². The van der Waals surface area contributed by atoms with E-state index in [9.17, 15) is 9.59 Å². The zero-order valence-corrected chi connectivity index (χ0v) is 22.6. The highest BCUT2D eigenvalue weighted by Gasteiger charge is 2.18. The first-order valence-corrected chi connectivity index (χ1v) is 13.2. The van der Waals surface area contributed by atoms with Crippen LogP contribution in [0.3, 0.4) is 0 Å². The Morgan fingerprint density at radius 2 is 1.88 bits per heavy atom. The third-order valence-electron chi connectivity index (χ3n) is 6.64. The molecule has 5 rings (SSSR count). The molecule has 1 amide bonds. The second-order valence-electron chi connectivity index (χ2n) is 9.31. The zero-order valence-electron chi connectivity index (χ0n) is 22.6. The molecule has 0 bridgehead atoms. The SMILES string of the molecule is CCOC(=O)c1cnn2c(-c3cccc(NC(=O)c4ccc(COc5ccc(C(C)CC)cc5)o4)c3)ccnc12. The van der Waals surface area contributed by atoms with Gasteiger partial charge in [0.1, 0.15) is 23.7 Å². The number of anilines is 1. The second-order valence-corrected chi connectivity index (χ2v) is 9.31. The van der Waals surface area contributed by atoms with Crippen LogP contribution in [0.4, 0.5) is 5.69 Å². The largest absolute Gasteiger partial charge is 0.486 e. The Bertz CT molecular complexity index is 1640. The molecule has 0 spiro atoms. The quantitative estimate of drug-likeness (QED) is 0.202. The fourth-order valence-corrected chi connectivity index (χ4v) is 4.27. The molecule has 0 aliphatic carbocycles. The number of ether oxygens (including phenoxy) is 2. The number of nitrogens with zero attached hydrogens (tertiary/aromatic N) is 3. The minimum Gasteiger partial charge on any atom is -0.486 e. The highest BCUT2D eigenvalue weighted by molar-refractivity contribution is 6.02. The number of carbonyl (C=O) groups is 2. The lowest BCUT2D eigenvalue weighted by atomic mass is 9.99. The van der Waals surface area contributed by atoms with Gasteiger partial charge in [0.2, 0.25) is 0 Å². The molecule has 0 saturated heterocycles. The molecule has 9 nitrogen and oxygen atoms in total. The number of carbonyl (C=O) groups excluding carboxylic acids is 2. The molecule has 0 fully saturated rings. The molecular formula is C31H30N4O5. The van der Waals surface area contributed by atoms with E-state index < -0.39 is 5.97 Å². The van der Waals surface area contributed by atoms with E-state index in [4.69, 9.17) is 13.9 Å². The standard InChI is InChI=1S/C31H30N4O5/c1-4-20(3)21-9-11-24(12-10-21)39-19-25-13-14-28(40-25)30(36)34-23-8-6-7-22(17-23)27-15-16-32-29-26(18-33-35(27)29)31(37)38-5-2/h6-18,20H,4-5,19H2,1-3H3,(H,34,36). The van der Waals surface area contributed by atoms with Crippen LogP contribution in [-0.4, -0.2) is 33.1 Å². The molecule has 3 aromatic heterocycles. The van der Waals surface area contributed by atoms with Gasteiger partial charge in [0.25, 0.3) is 5.91 Å². The molecular weight excluding hydrogens is 508 g/mol. The third-order valence-corrected chi connectivity index (χ3v) is 6.64. The highest BCUT2D eigenvalue weighted by atomic mass is 16.5. The summed E-state index contributed by atoms with van der Waals surface area (Å²) in [6.45, 7) is 6.57. The molecule has 1 atom stereocenters. The van der Waals surface area contributed by atoms with Gasteiger partial charge in [-0.3, -0.25) is 4.79 Å². The molecule has 204 valence electrons. The van der Waals surface area contributed by atoms with Crippen LogP contribution in [0, 0.1) is 0 Å². The fourth-order valence-electron chi connectivity index (χ4n) is 4.27. The average Bonchev–Trinajstić information content (AvgIpc) is 3.64. The smallest absolute Gasteiger partial charge is 0.343 e. The van der Waals surface area contributed by atoms with Crippen LogP contribution in [0.1, 0.15) is 65.3 Å². The molecule has 1 N–H and O–H groups in total. The minimum atomic E-state index is -0.481. The molecule has 0 saturated carbocycles. The number of furan rings is 1. The topological polar surface area (TPSA) is 108 Å². The van der Waals surface area contributed by atoms with Crippen molar-refractivity contribution in [3.05, 3.63) is 102 Å². The summed E-state index contributed by atoms with van der Waals surface area (Å²) in [6.07, 6.45) is 4.13. The highest BCUT2D eigenvalue weighted by Crippen LogP contribution is 2.25. The molecule has 40 heavy (non-hydrogen) atoms. The van der Waals surface area contributed by atoms with Gasteiger partial charge in [0.15, 0.2) is 11.4 Å². The summed E-state index contributed by atoms with van der Waals surface area (Å²) in [6, 6.07) is 20.5. The first kappa shape index (κ1) is 26.7. The van der Waals surface area contributed by atoms with Crippen molar-refractivity contribution in [3.63, 3.8) is 0 Å².